The Labute approximate surface area is 102 Å². The molecule has 5 heteroatoms. The first kappa shape index (κ1) is 14.0. The predicted molar refractivity (Wildman–Crippen MR) is 64.7 cm³/mol. The molecule has 0 aromatic carbocycles. The van der Waals surface area contributed by atoms with Crippen molar-refractivity contribution in [2.45, 2.75) is 57.5 Å². The second kappa shape index (κ2) is 7.27. The first-order chi connectivity index (χ1) is 8.09. The first-order valence-corrected chi connectivity index (χ1v) is 6.33. The summed E-state index contributed by atoms with van der Waals surface area (Å²) in [5.74, 6) is -1.29. The summed E-state index contributed by atoms with van der Waals surface area (Å²) in [6, 6.07) is -0.427. The molecule has 0 saturated heterocycles. The van der Waals surface area contributed by atoms with Crippen molar-refractivity contribution in [2.24, 2.45) is 0 Å². The Hall–Kier alpha value is -1.10. The van der Waals surface area contributed by atoms with E-state index in [1.165, 1.54) is 32.6 Å². The number of nitrogens with one attached hydrogen (secondary N) is 2. The van der Waals surface area contributed by atoms with Gasteiger partial charge in [-0.2, -0.15) is 0 Å². The van der Waals surface area contributed by atoms with Crippen LogP contribution in [0.15, 0.2) is 0 Å². The summed E-state index contributed by atoms with van der Waals surface area (Å²) in [5.41, 5.74) is 0. The Balaban J connectivity index is 2.34. The van der Waals surface area contributed by atoms with Crippen molar-refractivity contribution in [1.29, 1.82) is 0 Å². The lowest BCUT2D eigenvalue weighted by molar-refractivity contribution is -0.141. The zero-order valence-electron chi connectivity index (χ0n) is 10.4. The third-order valence-corrected chi connectivity index (χ3v) is 3.14. The Morgan fingerprint density at radius 1 is 1.24 bits per heavy atom. The molecule has 5 nitrogen and oxygen atoms in total. The van der Waals surface area contributed by atoms with E-state index in [2.05, 4.69) is 10.6 Å². The van der Waals surface area contributed by atoms with Gasteiger partial charge in [0.05, 0.1) is 0 Å². The molecule has 1 aliphatic rings. The third-order valence-electron chi connectivity index (χ3n) is 3.14. The van der Waals surface area contributed by atoms with Crippen LogP contribution in [0.3, 0.4) is 0 Å². The van der Waals surface area contributed by atoms with Crippen LogP contribution in [0, 0.1) is 0 Å². The molecule has 17 heavy (non-hydrogen) atoms. The third kappa shape index (κ3) is 5.68. The molecule has 1 rings (SSSR count). The van der Waals surface area contributed by atoms with E-state index in [0.29, 0.717) is 12.6 Å². The van der Waals surface area contributed by atoms with E-state index in [9.17, 15) is 9.59 Å². The molecule has 1 unspecified atom stereocenters. The number of hydrogen-bond donors (Lipinski definition) is 3. The largest absolute Gasteiger partial charge is 0.480 e. The maximum absolute atomic E-state index is 10.9. The van der Waals surface area contributed by atoms with Gasteiger partial charge in [0.15, 0.2) is 0 Å². The molecule has 1 amide bonds. The van der Waals surface area contributed by atoms with Crippen LogP contribution < -0.4 is 10.6 Å². The van der Waals surface area contributed by atoms with Gasteiger partial charge in [-0.1, -0.05) is 25.7 Å². The highest BCUT2D eigenvalue weighted by atomic mass is 16.4. The maximum Gasteiger partial charge on any atom is 0.327 e. The minimum Gasteiger partial charge on any atom is -0.480 e. The van der Waals surface area contributed by atoms with Gasteiger partial charge in [-0.05, 0) is 12.8 Å². The molecule has 0 aromatic heterocycles. The van der Waals surface area contributed by atoms with Gasteiger partial charge in [-0.25, -0.2) is 4.79 Å². The molecule has 0 bridgehead atoms. The minimum absolute atomic E-state index is 0.305. The van der Waals surface area contributed by atoms with Crippen molar-refractivity contribution in [3.8, 4) is 0 Å². The van der Waals surface area contributed by atoms with E-state index in [4.69, 9.17) is 5.11 Å². The van der Waals surface area contributed by atoms with Gasteiger partial charge in [-0.15, -0.1) is 0 Å². The van der Waals surface area contributed by atoms with Crippen LogP contribution in [-0.2, 0) is 9.59 Å². The Bertz CT molecular complexity index is 260. The van der Waals surface area contributed by atoms with Crippen LogP contribution in [0.25, 0.3) is 0 Å². The summed E-state index contributed by atoms with van der Waals surface area (Å²) < 4.78 is 0. The zero-order chi connectivity index (χ0) is 12.7. The fourth-order valence-corrected chi connectivity index (χ4v) is 2.21. The molecule has 0 aliphatic heterocycles. The fraction of sp³-hybridized carbons (Fsp3) is 0.833. The number of carbonyl (C=O) groups is 2. The van der Waals surface area contributed by atoms with Crippen molar-refractivity contribution in [3.05, 3.63) is 0 Å². The second-order valence-corrected chi connectivity index (χ2v) is 4.69. The molecule has 1 fully saturated rings. The molecule has 0 aromatic rings. The highest BCUT2D eigenvalue weighted by molar-refractivity contribution is 5.82. The zero-order valence-corrected chi connectivity index (χ0v) is 10.4. The van der Waals surface area contributed by atoms with E-state index in [0.717, 1.165) is 12.8 Å². The summed E-state index contributed by atoms with van der Waals surface area (Å²) in [6.07, 6.45) is 7.16. The summed E-state index contributed by atoms with van der Waals surface area (Å²) >= 11 is 0. The molecule has 98 valence electrons. The highest BCUT2D eigenvalue weighted by Gasteiger charge is 2.20. The number of carboxylic acid groups (broad SMARTS) is 1. The number of aliphatic carboxylic acids is 1. The first-order valence-electron chi connectivity index (χ1n) is 6.33. The topological polar surface area (TPSA) is 78.4 Å². The van der Waals surface area contributed by atoms with Crippen molar-refractivity contribution in [2.75, 3.05) is 6.54 Å². The Morgan fingerprint density at radius 3 is 2.29 bits per heavy atom. The van der Waals surface area contributed by atoms with Crippen molar-refractivity contribution in [1.82, 2.24) is 10.6 Å². The SMILES string of the molecule is CC(=O)NC(CNC1CCCCCC1)C(=O)O. The second-order valence-electron chi connectivity index (χ2n) is 4.69. The predicted octanol–water partition coefficient (Wildman–Crippen LogP) is 0.888. The van der Waals surface area contributed by atoms with Gasteiger partial charge >= 0.3 is 5.97 Å². The molecule has 0 heterocycles. The van der Waals surface area contributed by atoms with E-state index in [-0.39, 0.29) is 5.91 Å². The van der Waals surface area contributed by atoms with Gasteiger partial charge in [0, 0.05) is 19.5 Å². The van der Waals surface area contributed by atoms with Gasteiger partial charge in [0.25, 0.3) is 0 Å². The van der Waals surface area contributed by atoms with Gasteiger partial charge in [0.2, 0.25) is 5.91 Å². The molecular weight excluding hydrogens is 220 g/mol. The summed E-state index contributed by atoms with van der Waals surface area (Å²) in [6.45, 7) is 1.64. The number of carboxylic acids is 1. The lowest BCUT2D eigenvalue weighted by Gasteiger charge is -2.20. The average Bonchev–Trinajstić information content (AvgIpc) is 2.51. The molecule has 1 atom stereocenters. The van der Waals surface area contributed by atoms with Crippen molar-refractivity contribution < 1.29 is 14.7 Å². The Kier molecular flexibility index (Phi) is 5.97. The maximum atomic E-state index is 10.9. The molecule has 1 aliphatic carbocycles. The smallest absolute Gasteiger partial charge is 0.327 e. The van der Waals surface area contributed by atoms with Crippen molar-refractivity contribution >= 4 is 11.9 Å². The average molecular weight is 242 g/mol. The van der Waals surface area contributed by atoms with Gasteiger partial charge in [-0.3, -0.25) is 4.79 Å². The number of amides is 1. The molecule has 1 saturated carbocycles. The van der Waals surface area contributed by atoms with Crippen LogP contribution in [0.2, 0.25) is 0 Å². The lowest BCUT2D eigenvalue weighted by Crippen LogP contribution is -2.48. The van der Waals surface area contributed by atoms with Crippen molar-refractivity contribution in [3.63, 3.8) is 0 Å². The number of rotatable bonds is 5. The van der Waals surface area contributed by atoms with Gasteiger partial charge in [0.1, 0.15) is 6.04 Å². The minimum atomic E-state index is -0.985. The van der Waals surface area contributed by atoms with Crippen LogP contribution >= 0.6 is 0 Å². The van der Waals surface area contributed by atoms with E-state index in [1.807, 2.05) is 0 Å². The monoisotopic (exact) mass is 242 g/mol. The molecule has 0 radical (unpaired) electrons. The summed E-state index contributed by atoms with van der Waals surface area (Å²) in [4.78, 5) is 21.8. The quantitative estimate of drug-likeness (QED) is 0.626. The van der Waals surface area contributed by atoms with Crippen LogP contribution in [0.5, 0.6) is 0 Å². The lowest BCUT2D eigenvalue weighted by atomic mass is 10.1. The normalized spacial score (nSPS) is 19.4. The highest BCUT2D eigenvalue weighted by Crippen LogP contribution is 2.16. The molecule has 0 spiro atoms. The summed E-state index contributed by atoms with van der Waals surface area (Å²) in [5, 5.41) is 14.6. The van der Waals surface area contributed by atoms with Crippen LogP contribution in [-0.4, -0.2) is 35.6 Å². The molecule has 3 N–H and O–H groups in total. The van der Waals surface area contributed by atoms with E-state index in [1.54, 1.807) is 0 Å². The van der Waals surface area contributed by atoms with E-state index >= 15 is 0 Å². The Morgan fingerprint density at radius 2 is 1.82 bits per heavy atom. The van der Waals surface area contributed by atoms with E-state index < -0.39 is 12.0 Å². The fourth-order valence-electron chi connectivity index (χ4n) is 2.21. The standard InChI is InChI=1S/C12H22N2O3/c1-9(15)14-11(12(16)17)8-13-10-6-4-2-3-5-7-10/h10-11,13H,2-8H2,1H3,(H,14,15)(H,16,17). The number of hydrogen-bond acceptors (Lipinski definition) is 3. The molecular formula is C12H22N2O3. The van der Waals surface area contributed by atoms with Gasteiger partial charge < -0.3 is 15.7 Å². The van der Waals surface area contributed by atoms with Crippen LogP contribution in [0.4, 0.5) is 0 Å². The van der Waals surface area contributed by atoms with Crippen LogP contribution in [0.1, 0.15) is 45.4 Å². The summed E-state index contributed by atoms with van der Waals surface area (Å²) in [7, 11) is 0. The number of carbonyl (C=O) groups excluding carboxylic acids is 1.